The number of nitriles is 1. The summed E-state index contributed by atoms with van der Waals surface area (Å²) in [4.78, 5) is 10.4. The predicted molar refractivity (Wildman–Crippen MR) is 62.9 cm³/mol. The first-order valence-corrected chi connectivity index (χ1v) is 5.94. The summed E-state index contributed by atoms with van der Waals surface area (Å²) in [6.07, 6.45) is 0. The number of carbonyl (C=O) groups is 1. The molecule has 1 aromatic carbocycles. The first-order chi connectivity index (χ1) is 8.04. The molecule has 90 valence electrons. The Labute approximate surface area is 102 Å². The average molecular weight is 254 g/mol. The molecule has 0 aliphatic rings. The van der Waals surface area contributed by atoms with E-state index in [9.17, 15) is 9.18 Å². The van der Waals surface area contributed by atoms with Crippen LogP contribution in [0.15, 0.2) is 18.2 Å². The van der Waals surface area contributed by atoms with Gasteiger partial charge in [0.2, 0.25) is 0 Å². The summed E-state index contributed by atoms with van der Waals surface area (Å²) < 4.78 is 13.4. The molecular formula is C11H11FN2O2S. The lowest BCUT2D eigenvalue weighted by Crippen LogP contribution is -2.32. The lowest BCUT2D eigenvalue weighted by Gasteiger charge is -2.06. The normalized spacial score (nSPS) is 11.8. The van der Waals surface area contributed by atoms with Gasteiger partial charge >= 0.3 is 5.97 Å². The lowest BCUT2D eigenvalue weighted by molar-refractivity contribution is -0.137. The molecule has 0 saturated heterocycles. The number of rotatable bonds is 5. The van der Waals surface area contributed by atoms with Gasteiger partial charge in [-0.05, 0) is 17.7 Å². The van der Waals surface area contributed by atoms with E-state index < -0.39 is 17.8 Å². The number of carboxylic acids is 1. The molecular weight excluding hydrogens is 243 g/mol. The van der Waals surface area contributed by atoms with Crippen molar-refractivity contribution < 1.29 is 14.3 Å². The van der Waals surface area contributed by atoms with E-state index in [0.29, 0.717) is 11.3 Å². The largest absolute Gasteiger partial charge is 0.480 e. The van der Waals surface area contributed by atoms with E-state index in [1.54, 1.807) is 0 Å². The zero-order valence-electron chi connectivity index (χ0n) is 8.89. The van der Waals surface area contributed by atoms with Crippen molar-refractivity contribution in [1.29, 1.82) is 5.26 Å². The van der Waals surface area contributed by atoms with Gasteiger partial charge in [-0.2, -0.15) is 17.0 Å². The van der Waals surface area contributed by atoms with E-state index in [2.05, 4.69) is 0 Å². The highest BCUT2D eigenvalue weighted by Crippen LogP contribution is 2.17. The molecule has 0 spiro atoms. The van der Waals surface area contributed by atoms with E-state index in [0.717, 1.165) is 6.07 Å². The van der Waals surface area contributed by atoms with Crippen LogP contribution in [0.3, 0.4) is 0 Å². The Morgan fingerprint density at radius 1 is 1.65 bits per heavy atom. The van der Waals surface area contributed by atoms with Crippen molar-refractivity contribution in [3.8, 4) is 6.07 Å². The minimum atomic E-state index is -1.07. The van der Waals surface area contributed by atoms with Crippen LogP contribution in [0.2, 0.25) is 0 Å². The van der Waals surface area contributed by atoms with Crippen molar-refractivity contribution in [3.63, 3.8) is 0 Å². The molecule has 1 aromatic rings. The Kier molecular flexibility index (Phi) is 4.94. The van der Waals surface area contributed by atoms with Crippen LogP contribution in [-0.2, 0) is 10.5 Å². The van der Waals surface area contributed by atoms with Crippen LogP contribution in [0.25, 0.3) is 0 Å². The SMILES string of the molecule is N#Cc1ccc(CSC[C@@H](N)C(=O)O)c(F)c1. The second-order valence-corrected chi connectivity index (χ2v) is 4.41. The van der Waals surface area contributed by atoms with Crippen LogP contribution < -0.4 is 5.73 Å². The number of carboxylic acid groups (broad SMARTS) is 1. The van der Waals surface area contributed by atoms with Crippen LogP contribution in [0.1, 0.15) is 11.1 Å². The van der Waals surface area contributed by atoms with Crippen molar-refractivity contribution in [2.45, 2.75) is 11.8 Å². The third-order valence-electron chi connectivity index (χ3n) is 2.05. The fourth-order valence-corrected chi connectivity index (χ4v) is 2.07. The Morgan fingerprint density at radius 2 is 2.35 bits per heavy atom. The summed E-state index contributed by atoms with van der Waals surface area (Å²) in [7, 11) is 0. The molecule has 0 saturated carbocycles. The fraction of sp³-hybridized carbons (Fsp3) is 0.273. The molecule has 0 unspecified atom stereocenters. The van der Waals surface area contributed by atoms with Crippen LogP contribution >= 0.6 is 11.8 Å². The van der Waals surface area contributed by atoms with Crippen molar-refractivity contribution in [2.75, 3.05) is 5.75 Å². The smallest absolute Gasteiger partial charge is 0.321 e. The molecule has 0 amide bonds. The minimum absolute atomic E-state index is 0.217. The maximum Gasteiger partial charge on any atom is 0.321 e. The monoisotopic (exact) mass is 254 g/mol. The molecule has 17 heavy (non-hydrogen) atoms. The van der Waals surface area contributed by atoms with Crippen molar-refractivity contribution in [3.05, 3.63) is 35.1 Å². The predicted octanol–water partition coefficient (Wildman–Crippen LogP) is 1.34. The van der Waals surface area contributed by atoms with E-state index in [1.807, 2.05) is 6.07 Å². The highest BCUT2D eigenvalue weighted by atomic mass is 32.2. The molecule has 0 aliphatic carbocycles. The Bertz CT molecular complexity index is 459. The summed E-state index contributed by atoms with van der Waals surface area (Å²) in [6.45, 7) is 0. The standard InChI is InChI=1S/C11H11FN2O2S/c12-9-3-7(4-13)1-2-8(9)5-17-6-10(14)11(15)16/h1-3,10H,5-6,14H2,(H,15,16)/t10-/m1/s1. The maximum absolute atomic E-state index is 13.4. The van der Waals surface area contributed by atoms with Crippen LogP contribution in [-0.4, -0.2) is 22.9 Å². The zero-order chi connectivity index (χ0) is 12.8. The van der Waals surface area contributed by atoms with Gasteiger partial charge in [0.05, 0.1) is 11.6 Å². The molecule has 0 bridgehead atoms. The summed E-state index contributed by atoms with van der Waals surface area (Å²) in [6, 6.07) is 5.10. The molecule has 0 heterocycles. The van der Waals surface area contributed by atoms with E-state index >= 15 is 0 Å². The Morgan fingerprint density at radius 3 is 2.88 bits per heavy atom. The third kappa shape index (κ3) is 4.06. The van der Waals surface area contributed by atoms with E-state index in [4.69, 9.17) is 16.1 Å². The van der Waals surface area contributed by atoms with Crippen LogP contribution in [0, 0.1) is 17.1 Å². The third-order valence-corrected chi connectivity index (χ3v) is 3.16. The number of nitrogens with zero attached hydrogens (tertiary/aromatic N) is 1. The quantitative estimate of drug-likeness (QED) is 0.828. The van der Waals surface area contributed by atoms with Gasteiger partial charge in [0, 0.05) is 11.5 Å². The van der Waals surface area contributed by atoms with Crippen molar-refractivity contribution in [2.24, 2.45) is 5.73 Å². The van der Waals surface area contributed by atoms with Gasteiger partial charge in [-0.15, -0.1) is 0 Å². The average Bonchev–Trinajstić information content (AvgIpc) is 2.30. The highest BCUT2D eigenvalue weighted by Gasteiger charge is 2.11. The summed E-state index contributed by atoms with van der Waals surface area (Å²) in [5.41, 5.74) is 6.01. The van der Waals surface area contributed by atoms with Crippen molar-refractivity contribution >= 4 is 17.7 Å². The first-order valence-electron chi connectivity index (χ1n) is 4.79. The fourth-order valence-electron chi connectivity index (χ4n) is 1.10. The number of halogens is 1. The van der Waals surface area contributed by atoms with Gasteiger partial charge in [-0.25, -0.2) is 4.39 Å². The van der Waals surface area contributed by atoms with Crippen molar-refractivity contribution in [1.82, 2.24) is 0 Å². The van der Waals surface area contributed by atoms with Gasteiger partial charge in [-0.1, -0.05) is 6.07 Å². The molecule has 1 atom stereocenters. The van der Waals surface area contributed by atoms with Crippen LogP contribution in [0.4, 0.5) is 4.39 Å². The number of hydrogen-bond donors (Lipinski definition) is 2. The minimum Gasteiger partial charge on any atom is -0.480 e. The topological polar surface area (TPSA) is 87.1 Å². The molecule has 0 fully saturated rings. The number of thioether (sulfide) groups is 1. The lowest BCUT2D eigenvalue weighted by atomic mass is 10.1. The van der Waals surface area contributed by atoms with Gasteiger partial charge in [0.15, 0.2) is 0 Å². The molecule has 0 aromatic heterocycles. The van der Waals surface area contributed by atoms with Crippen LogP contribution in [0.5, 0.6) is 0 Å². The summed E-state index contributed by atoms with van der Waals surface area (Å²) in [5.74, 6) is -0.980. The molecule has 3 N–H and O–H groups in total. The van der Waals surface area contributed by atoms with Gasteiger partial charge < -0.3 is 10.8 Å². The van der Waals surface area contributed by atoms with E-state index in [1.165, 1.54) is 23.9 Å². The summed E-state index contributed by atoms with van der Waals surface area (Å²) in [5, 5.41) is 17.1. The number of hydrogen-bond acceptors (Lipinski definition) is 4. The molecule has 6 heteroatoms. The van der Waals surface area contributed by atoms with E-state index in [-0.39, 0.29) is 11.3 Å². The molecule has 1 rings (SSSR count). The number of nitrogens with two attached hydrogens (primary N) is 1. The molecule has 0 radical (unpaired) electrons. The zero-order valence-corrected chi connectivity index (χ0v) is 9.71. The van der Waals surface area contributed by atoms with Gasteiger partial charge in [0.1, 0.15) is 11.9 Å². The first kappa shape index (κ1) is 13.5. The molecule has 4 nitrogen and oxygen atoms in total. The Hall–Kier alpha value is -1.58. The number of aliphatic carboxylic acids is 1. The van der Waals surface area contributed by atoms with Gasteiger partial charge in [0.25, 0.3) is 0 Å². The second kappa shape index (κ2) is 6.23. The second-order valence-electron chi connectivity index (χ2n) is 3.38. The Balaban J connectivity index is 2.53. The highest BCUT2D eigenvalue weighted by molar-refractivity contribution is 7.98. The van der Waals surface area contributed by atoms with Gasteiger partial charge in [-0.3, -0.25) is 4.79 Å². The summed E-state index contributed by atoms with van der Waals surface area (Å²) >= 11 is 1.24. The molecule has 0 aliphatic heterocycles. The maximum atomic E-state index is 13.4. The number of benzene rings is 1.